The molecule has 4 amide bonds. The molecule has 11 nitrogen and oxygen atoms in total. The first kappa shape index (κ1) is 32.7. The number of amides is 4. The van der Waals surface area contributed by atoms with Gasteiger partial charge in [0.2, 0.25) is 11.8 Å². The van der Waals surface area contributed by atoms with Crippen LogP contribution in [0.3, 0.4) is 0 Å². The third kappa shape index (κ3) is 7.24. The lowest BCUT2D eigenvalue weighted by Crippen LogP contribution is -2.60. The minimum atomic E-state index is -1.27. The average Bonchev–Trinajstić information content (AvgIpc) is 3.55. The van der Waals surface area contributed by atoms with Gasteiger partial charge in [0.25, 0.3) is 11.8 Å². The van der Waals surface area contributed by atoms with Gasteiger partial charge in [0.15, 0.2) is 0 Å². The van der Waals surface area contributed by atoms with Crippen molar-refractivity contribution in [2.24, 2.45) is 5.92 Å². The summed E-state index contributed by atoms with van der Waals surface area (Å²) in [6.45, 7) is 5.16. The fraction of sp³-hybridized carbons (Fsp3) is 0.457. The van der Waals surface area contributed by atoms with Crippen molar-refractivity contribution in [1.82, 2.24) is 30.2 Å². The Morgan fingerprint density at radius 3 is 2.61 bits per heavy atom. The highest BCUT2D eigenvalue weighted by atomic mass is 16.5. The maximum absolute atomic E-state index is 14.1. The summed E-state index contributed by atoms with van der Waals surface area (Å²) in [5, 5.41) is 10.5. The maximum atomic E-state index is 14.1. The molecular weight excluding hydrogens is 584 g/mol. The van der Waals surface area contributed by atoms with Gasteiger partial charge in [-0.25, -0.2) is 4.68 Å². The molecule has 2 aliphatic rings. The molecule has 1 aliphatic heterocycles. The molecule has 0 saturated carbocycles. The van der Waals surface area contributed by atoms with Crippen LogP contribution in [-0.4, -0.2) is 83.0 Å². The molecule has 2 aromatic carbocycles. The van der Waals surface area contributed by atoms with E-state index in [9.17, 15) is 19.2 Å². The van der Waals surface area contributed by atoms with Gasteiger partial charge in [-0.15, -0.1) is 0 Å². The molecule has 0 radical (unpaired) electrons. The number of ether oxygens (including phenoxy) is 1. The summed E-state index contributed by atoms with van der Waals surface area (Å²) in [6.07, 6.45) is 6.49. The van der Waals surface area contributed by atoms with Crippen LogP contribution in [0.15, 0.2) is 60.9 Å². The van der Waals surface area contributed by atoms with E-state index < -0.39 is 5.54 Å². The lowest BCUT2D eigenvalue weighted by Gasteiger charge is -2.39. The minimum absolute atomic E-state index is 0.131. The van der Waals surface area contributed by atoms with E-state index in [-0.39, 0.29) is 49.7 Å². The third-order valence-corrected chi connectivity index (χ3v) is 8.81. The van der Waals surface area contributed by atoms with Crippen molar-refractivity contribution < 1.29 is 23.9 Å². The lowest BCUT2D eigenvalue weighted by atomic mass is 9.75. The molecule has 1 spiro atoms. The van der Waals surface area contributed by atoms with Crippen LogP contribution in [0.4, 0.5) is 0 Å². The molecule has 46 heavy (non-hydrogen) atoms. The molecule has 244 valence electrons. The molecule has 1 saturated heterocycles. The molecule has 1 atom stereocenters. The molecule has 11 heteroatoms. The number of hydrogen-bond acceptors (Lipinski definition) is 6. The molecule has 1 fully saturated rings. The summed E-state index contributed by atoms with van der Waals surface area (Å²) in [4.78, 5) is 58.2. The SMILES string of the molecule is COc1ccccc1-n1cc(C(=O)N2CCCC(=O)N(CCC(C)C)CC(=O)NC3(CCCc4ccccc43)C(=O)NCC2)cn1. The fourth-order valence-corrected chi connectivity index (χ4v) is 6.33. The highest BCUT2D eigenvalue weighted by molar-refractivity contribution is 5.95. The second-order valence-corrected chi connectivity index (χ2v) is 12.5. The molecule has 1 aromatic heterocycles. The van der Waals surface area contributed by atoms with E-state index in [0.717, 1.165) is 30.4 Å². The molecule has 2 heterocycles. The van der Waals surface area contributed by atoms with Gasteiger partial charge in [0.05, 0.1) is 25.4 Å². The summed E-state index contributed by atoms with van der Waals surface area (Å²) in [5.41, 5.74) is 1.60. The number of hydrogen-bond donors (Lipinski definition) is 2. The number of carbonyl (C=O) groups is 4. The predicted octanol–water partition coefficient (Wildman–Crippen LogP) is 3.46. The van der Waals surface area contributed by atoms with Crippen molar-refractivity contribution >= 4 is 23.6 Å². The van der Waals surface area contributed by atoms with Crippen molar-refractivity contribution in [1.29, 1.82) is 0 Å². The van der Waals surface area contributed by atoms with E-state index >= 15 is 0 Å². The molecule has 0 bridgehead atoms. The number of aryl methyl sites for hydroxylation is 1. The number of carbonyl (C=O) groups excluding carboxylic acids is 4. The van der Waals surface area contributed by atoms with E-state index in [0.29, 0.717) is 48.8 Å². The van der Waals surface area contributed by atoms with Crippen molar-refractivity contribution in [2.75, 3.05) is 39.8 Å². The number of benzene rings is 2. The van der Waals surface area contributed by atoms with E-state index in [4.69, 9.17) is 4.74 Å². The van der Waals surface area contributed by atoms with Crippen LogP contribution >= 0.6 is 0 Å². The van der Waals surface area contributed by atoms with Gasteiger partial charge in [-0.2, -0.15) is 5.10 Å². The van der Waals surface area contributed by atoms with Gasteiger partial charge in [0, 0.05) is 38.8 Å². The van der Waals surface area contributed by atoms with Gasteiger partial charge >= 0.3 is 0 Å². The maximum Gasteiger partial charge on any atom is 0.257 e. The topological polar surface area (TPSA) is 126 Å². The Kier molecular flexibility index (Phi) is 10.4. The standard InChI is InChI=1S/C35H44N6O5/c1-25(2)16-20-40-24-31(42)38-35(17-8-11-26-10-4-5-12-28(26)35)34(45)36-18-21-39(19-9-15-32(40)43)33(44)27-22-37-41(23-27)29-13-6-7-14-30(29)46-3/h4-7,10,12-14,22-23,25H,8-9,11,15-21,24H2,1-3H3,(H,36,45)(H,38,42). The zero-order valence-electron chi connectivity index (χ0n) is 27.0. The first-order valence-corrected chi connectivity index (χ1v) is 16.1. The summed E-state index contributed by atoms with van der Waals surface area (Å²) < 4.78 is 7.06. The Balaban J connectivity index is 1.42. The highest BCUT2D eigenvalue weighted by Gasteiger charge is 2.44. The van der Waals surface area contributed by atoms with Crippen LogP contribution in [0, 0.1) is 5.92 Å². The van der Waals surface area contributed by atoms with Crippen LogP contribution < -0.4 is 15.4 Å². The third-order valence-electron chi connectivity index (χ3n) is 8.81. The zero-order chi connectivity index (χ0) is 32.7. The van der Waals surface area contributed by atoms with Crippen LogP contribution in [0.2, 0.25) is 0 Å². The van der Waals surface area contributed by atoms with Crippen LogP contribution in [0.1, 0.15) is 67.4 Å². The number of methoxy groups -OCH3 is 1. The number of rotatable bonds is 6. The molecule has 5 rings (SSSR count). The van der Waals surface area contributed by atoms with Crippen LogP contribution in [-0.2, 0) is 26.3 Å². The quantitative estimate of drug-likeness (QED) is 0.431. The Labute approximate surface area is 270 Å². The normalized spacial score (nSPS) is 19.8. The van der Waals surface area contributed by atoms with Gasteiger partial charge < -0.3 is 25.2 Å². The molecule has 2 N–H and O–H groups in total. The van der Waals surface area contributed by atoms with E-state index in [2.05, 4.69) is 29.6 Å². The van der Waals surface area contributed by atoms with E-state index in [1.165, 1.54) is 6.20 Å². The lowest BCUT2D eigenvalue weighted by molar-refractivity contribution is -0.139. The summed E-state index contributed by atoms with van der Waals surface area (Å²) in [7, 11) is 1.58. The Hall–Kier alpha value is -4.67. The molecule has 1 unspecified atom stereocenters. The molecule has 3 aromatic rings. The number of fused-ring (bicyclic) bond motifs is 2. The fourth-order valence-electron chi connectivity index (χ4n) is 6.33. The van der Waals surface area contributed by atoms with E-state index in [1.807, 2.05) is 48.5 Å². The van der Waals surface area contributed by atoms with Gasteiger partial charge in [0.1, 0.15) is 17.0 Å². The summed E-state index contributed by atoms with van der Waals surface area (Å²) in [6, 6.07) is 15.1. The monoisotopic (exact) mass is 628 g/mol. The van der Waals surface area contributed by atoms with Crippen molar-refractivity contribution in [3.8, 4) is 11.4 Å². The Morgan fingerprint density at radius 2 is 1.80 bits per heavy atom. The first-order chi connectivity index (χ1) is 22.2. The van der Waals surface area contributed by atoms with Gasteiger partial charge in [-0.1, -0.05) is 50.2 Å². The summed E-state index contributed by atoms with van der Waals surface area (Å²) >= 11 is 0. The van der Waals surface area contributed by atoms with E-state index in [1.54, 1.807) is 27.8 Å². The molecule has 1 aliphatic carbocycles. The predicted molar refractivity (Wildman–Crippen MR) is 173 cm³/mol. The smallest absolute Gasteiger partial charge is 0.257 e. The van der Waals surface area contributed by atoms with Crippen LogP contribution in [0.25, 0.3) is 5.69 Å². The number of aromatic nitrogens is 2. The number of nitrogens with one attached hydrogen (secondary N) is 2. The first-order valence-electron chi connectivity index (χ1n) is 16.1. The number of nitrogens with zero attached hydrogens (tertiary/aromatic N) is 4. The largest absolute Gasteiger partial charge is 0.494 e. The van der Waals surface area contributed by atoms with Crippen LogP contribution in [0.5, 0.6) is 5.75 Å². The van der Waals surface area contributed by atoms with Crippen molar-refractivity contribution in [3.63, 3.8) is 0 Å². The van der Waals surface area contributed by atoms with Crippen molar-refractivity contribution in [3.05, 3.63) is 77.6 Å². The second kappa shape index (κ2) is 14.6. The second-order valence-electron chi connectivity index (χ2n) is 12.5. The zero-order valence-corrected chi connectivity index (χ0v) is 27.0. The van der Waals surface area contributed by atoms with Crippen molar-refractivity contribution in [2.45, 2.75) is 57.9 Å². The van der Waals surface area contributed by atoms with Gasteiger partial charge in [-0.05, 0) is 61.3 Å². The minimum Gasteiger partial charge on any atom is -0.494 e. The van der Waals surface area contributed by atoms with Gasteiger partial charge in [-0.3, -0.25) is 19.2 Å². The summed E-state index contributed by atoms with van der Waals surface area (Å²) in [5.74, 6) is -0.108. The molecular formula is C35H44N6O5. The Bertz CT molecular complexity index is 1570. The average molecular weight is 629 g/mol. The number of para-hydroxylation sites is 2. The Morgan fingerprint density at radius 1 is 1.02 bits per heavy atom. The highest BCUT2D eigenvalue weighted by Crippen LogP contribution is 2.36.